The Morgan fingerprint density at radius 2 is 2.00 bits per heavy atom. The van der Waals surface area contributed by atoms with Gasteiger partial charge in [-0.25, -0.2) is 4.79 Å². The quantitative estimate of drug-likeness (QED) is 0.727. The van der Waals surface area contributed by atoms with Crippen LogP contribution in [0, 0.1) is 0 Å². The van der Waals surface area contributed by atoms with Crippen molar-refractivity contribution in [2.75, 3.05) is 18.2 Å². The van der Waals surface area contributed by atoms with Crippen molar-refractivity contribution >= 4 is 33.9 Å². The molecule has 1 saturated carbocycles. The van der Waals surface area contributed by atoms with E-state index in [2.05, 4.69) is 10.1 Å². The van der Waals surface area contributed by atoms with Crippen LogP contribution in [0.5, 0.6) is 0 Å². The predicted molar refractivity (Wildman–Crippen MR) is 74.5 cm³/mol. The highest BCUT2D eigenvalue weighted by Crippen LogP contribution is 2.37. The Kier molecular flexibility index (Phi) is 3.94. The van der Waals surface area contributed by atoms with Gasteiger partial charge in [-0.3, -0.25) is 4.79 Å². The van der Waals surface area contributed by atoms with Crippen molar-refractivity contribution < 1.29 is 14.3 Å². The standard InChI is InChI=1S/C12H17N3O3S/c1-18-12(17)9-8(13)7(10(14)16)11(19-9)15-6-4-2-3-5-6/h6,15H,2-5,13H2,1H3,(H2,14,16). The lowest BCUT2D eigenvalue weighted by Crippen LogP contribution is -2.19. The molecule has 0 atom stereocenters. The van der Waals surface area contributed by atoms with E-state index in [0.29, 0.717) is 11.0 Å². The van der Waals surface area contributed by atoms with Crippen molar-refractivity contribution in [2.45, 2.75) is 31.7 Å². The van der Waals surface area contributed by atoms with E-state index in [0.717, 1.165) is 37.0 Å². The van der Waals surface area contributed by atoms with E-state index in [9.17, 15) is 9.59 Å². The molecule has 1 aromatic heterocycles. The van der Waals surface area contributed by atoms with Gasteiger partial charge in [0, 0.05) is 6.04 Å². The monoisotopic (exact) mass is 283 g/mol. The van der Waals surface area contributed by atoms with E-state index in [-0.39, 0.29) is 16.1 Å². The number of hydrogen-bond donors (Lipinski definition) is 3. The summed E-state index contributed by atoms with van der Waals surface area (Å²) in [6.45, 7) is 0. The van der Waals surface area contributed by atoms with Gasteiger partial charge in [0.2, 0.25) is 0 Å². The van der Waals surface area contributed by atoms with Crippen LogP contribution >= 0.6 is 11.3 Å². The van der Waals surface area contributed by atoms with E-state index in [1.54, 1.807) is 0 Å². The fourth-order valence-corrected chi connectivity index (χ4v) is 3.41. The van der Waals surface area contributed by atoms with Crippen molar-refractivity contribution in [1.82, 2.24) is 0 Å². The van der Waals surface area contributed by atoms with Gasteiger partial charge >= 0.3 is 5.97 Å². The third-order valence-electron chi connectivity index (χ3n) is 3.25. The lowest BCUT2D eigenvalue weighted by Gasteiger charge is -2.12. The first kappa shape index (κ1) is 13.7. The van der Waals surface area contributed by atoms with E-state index in [4.69, 9.17) is 11.5 Å². The first-order chi connectivity index (χ1) is 9.04. The van der Waals surface area contributed by atoms with Crippen LogP contribution in [0.1, 0.15) is 45.7 Å². The van der Waals surface area contributed by atoms with Crippen molar-refractivity contribution in [3.8, 4) is 0 Å². The molecule has 6 nitrogen and oxygen atoms in total. The number of hydrogen-bond acceptors (Lipinski definition) is 6. The number of esters is 1. The summed E-state index contributed by atoms with van der Waals surface area (Å²) in [5.74, 6) is -1.19. The molecule has 0 saturated heterocycles. The van der Waals surface area contributed by atoms with Crippen LogP contribution in [-0.2, 0) is 4.74 Å². The summed E-state index contributed by atoms with van der Waals surface area (Å²) in [4.78, 5) is 23.3. The first-order valence-corrected chi connectivity index (χ1v) is 6.93. The van der Waals surface area contributed by atoms with Crippen molar-refractivity contribution in [2.24, 2.45) is 5.73 Å². The summed E-state index contributed by atoms with van der Waals surface area (Å²) in [5, 5.41) is 3.83. The highest BCUT2D eigenvalue weighted by Gasteiger charge is 2.26. The number of primary amides is 1. The molecule has 1 aromatic rings. The van der Waals surface area contributed by atoms with Gasteiger partial charge in [0.05, 0.1) is 18.4 Å². The lowest BCUT2D eigenvalue weighted by atomic mass is 10.2. The van der Waals surface area contributed by atoms with E-state index in [1.165, 1.54) is 7.11 Å². The fourth-order valence-electron chi connectivity index (χ4n) is 2.29. The molecule has 1 aliphatic rings. The maximum atomic E-state index is 11.6. The third kappa shape index (κ3) is 2.65. The Morgan fingerprint density at radius 3 is 2.53 bits per heavy atom. The number of amides is 1. The molecule has 0 bridgehead atoms. The Hall–Kier alpha value is -1.76. The zero-order chi connectivity index (χ0) is 14.0. The first-order valence-electron chi connectivity index (χ1n) is 6.11. The van der Waals surface area contributed by atoms with Crippen molar-refractivity contribution in [1.29, 1.82) is 0 Å². The summed E-state index contributed by atoms with van der Waals surface area (Å²) >= 11 is 1.12. The molecule has 7 heteroatoms. The number of carbonyl (C=O) groups is 2. The molecule has 104 valence electrons. The van der Waals surface area contributed by atoms with E-state index < -0.39 is 11.9 Å². The van der Waals surface area contributed by atoms with Crippen LogP contribution in [0.2, 0.25) is 0 Å². The Labute approximate surface area is 115 Å². The molecular formula is C12H17N3O3S. The molecule has 2 rings (SSSR count). The molecule has 19 heavy (non-hydrogen) atoms. The zero-order valence-electron chi connectivity index (χ0n) is 10.7. The summed E-state index contributed by atoms with van der Waals surface area (Å²) in [7, 11) is 1.27. The number of ether oxygens (including phenoxy) is 1. The second kappa shape index (κ2) is 5.48. The van der Waals surface area contributed by atoms with Crippen LogP contribution in [0.3, 0.4) is 0 Å². The van der Waals surface area contributed by atoms with Crippen LogP contribution in [0.15, 0.2) is 0 Å². The third-order valence-corrected chi connectivity index (χ3v) is 4.37. The average molecular weight is 283 g/mol. The molecule has 1 amide bonds. The lowest BCUT2D eigenvalue weighted by molar-refractivity contribution is 0.0607. The van der Waals surface area contributed by atoms with Crippen molar-refractivity contribution in [3.05, 3.63) is 10.4 Å². The number of anilines is 2. The van der Waals surface area contributed by atoms with Crippen LogP contribution in [-0.4, -0.2) is 25.0 Å². The van der Waals surface area contributed by atoms with Crippen LogP contribution in [0.25, 0.3) is 0 Å². The minimum Gasteiger partial charge on any atom is -0.465 e. The summed E-state index contributed by atoms with van der Waals surface area (Å²) in [6, 6.07) is 0.307. The Balaban J connectivity index is 2.34. The maximum Gasteiger partial charge on any atom is 0.350 e. The number of carbonyl (C=O) groups excluding carboxylic acids is 2. The van der Waals surface area contributed by atoms with Crippen molar-refractivity contribution in [3.63, 3.8) is 0 Å². The predicted octanol–water partition coefficient (Wildman–Crippen LogP) is 1.57. The molecule has 1 fully saturated rings. The normalized spacial score (nSPS) is 15.4. The number of methoxy groups -OCH3 is 1. The van der Waals surface area contributed by atoms with Gasteiger partial charge in [0.1, 0.15) is 9.88 Å². The molecule has 0 aromatic carbocycles. The van der Waals surface area contributed by atoms with Gasteiger partial charge in [-0.1, -0.05) is 12.8 Å². The van der Waals surface area contributed by atoms with E-state index in [1.807, 2.05) is 0 Å². The molecule has 0 aliphatic heterocycles. The molecule has 0 radical (unpaired) electrons. The largest absolute Gasteiger partial charge is 0.465 e. The molecule has 1 aliphatic carbocycles. The number of nitrogens with one attached hydrogen (secondary N) is 1. The van der Waals surface area contributed by atoms with Crippen LogP contribution in [0.4, 0.5) is 10.7 Å². The smallest absolute Gasteiger partial charge is 0.350 e. The van der Waals surface area contributed by atoms with Gasteiger partial charge in [-0.15, -0.1) is 11.3 Å². The molecule has 0 unspecified atom stereocenters. The zero-order valence-corrected chi connectivity index (χ0v) is 11.5. The highest BCUT2D eigenvalue weighted by atomic mass is 32.1. The summed E-state index contributed by atoms with van der Waals surface area (Å²) < 4.78 is 4.65. The van der Waals surface area contributed by atoms with Gasteiger partial charge in [0.25, 0.3) is 5.91 Å². The van der Waals surface area contributed by atoms with Crippen LogP contribution < -0.4 is 16.8 Å². The number of nitrogen functional groups attached to an aromatic ring is 1. The van der Waals surface area contributed by atoms with E-state index >= 15 is 0 Å². The highest BCUT2D eigenvalue weighted by molar-refractivity contribution is 7.19. The number of nitrogens with two attached hydrogens (primary N) is 2. The summed E-state index contributed by atoms with van der Waals surface area (Å²) in [5.41, 5.74) is 11.5. The summed E-state index contributed by atoms with van der Waals surface area (Å²) in [6.07, 6.45) is 4.41. The Bertz CT molecular complexity index is 507. The molecule has 1 heterocycles. The second-order valence-corrected chi connectivity index (χ2v) is 5.55. The van der Waals surface area contributed by atoms with Gasteiger partial charge in [0.15, 0.2) is 0 Å². The molecule has 5 N–H and O–H groups in total. The number of rotatable bonds is 4. The van der Waals surface area contributed by atoms with Gasteiger partial charge in [-0.2, -0.15) is 0 Å². The fraction of sp³-hybridized carbons (Fsp3) is 0.500. The van der Waals surface area contributed by atoms with Gasteiger partial charge in [-0.05, 0) is 12.8 Å². The molecule has 0 spiro atoms. The maximum absolute atomic E-state index is 11.6. The Morgan fingerprint density at radius 1 is 1.37 bits per heavy atom. The topological polar surface area (TPSA) is 107 Å². The SMILES string of the molecule is COC(=O)c1sc(NC2CCCC2)c(C(N)=O)c1N. The second-order valence-electron chi connectivity index (χ2n) is 4.53. The van der Waals surface area contributed by atoms with Gasteiger partial charge < -0.3 is 21.5 Å². The average Bonchev–Trinajstić information content (AvgIpc) is 2.97. The molecular weight excluding hydrogens is 266 g/mol. The number of thiophene rings is 1. The minimum atomic E-state index is -0.635. The minimum absolute atomic E-state index is 0.102.